The molecule has 1 fully saturated rings. The molecular weight excluding hydrogens is 381 g/mol. The number of carbonyl (C=O) groups is 1. The van der Waals surface area contributed by atoms with E-state index in [1.807, 2.05) is 13.8 Å². The maximum atomic E-state index is 13.3. The Morgan fingerprint density at radius 3 is 2.43 bits per heavy atom. The summed E-state index contributed by atoms with van der Waals surface area (Å²) < 4.78 is 13.3. The molecule has 1 aromatic heterocycles. The molecule has 30 heavy (non-hydrogen) atoms. The fourth-order valence-corrected chi connectivity index (χ4v) is 3.80. The number of pyridine rings is 1. The first kappa shape index (κ1) is 21.9. The van der Waals surface area contributed by atoms with Crippen LogP contribution in [0.1, 0.15) is 42.7 Å². The molecule has 3 rings (SSSR count). The average molecular weight is 412 g/mol. The number of piperidine rings is 1. The highest BCUT2D eigenvalue weighted by atomic mass is 19.1. The van der Waals surface area contributed by atoms with Gasteiger partial charge >= 0.3 is 0 Å². The first-order valence-electron chi connectivity index (χ1n) is 10.3. The van der Waals surface area contributed by atoms with Crippen LogP contribution in [0.4, 0.5) is 21.6 Å². The zero-order valence-corrected chi connectivity index (χ0v) is 18.1. The fourth-order valence-electron chi connectivity index (χ4n) is 3.80. The molecule has 0 amide bonds. The van der Waals surface area contributed by atoms with Crippen LogP contribution in [0.25, 0.3) is 0 Å². The third kappa shape index (κ3) is 4.84. The van der Waals surface area contributed by atoms with E-state index >= 15 is 0 Å². The van der Waals surface area contributed by atoms with E-state index in [0.29, 0.717) is 34.5 Å². The van der Waals surface area contributed by atoms with Gasteiger partial charge in [-0.3, -0.25) is 4.79 Å². The summed E-state index contributed by atoms with van der Waals surface area (Å²) in [5.74, 6) is 0.116. The average Bonchev–Trinajstić information content (AvgIpc) is 2.74. The third-order valence-corrected chi connectivity index (χ3v) is 5.63. The van der Waals surface area contributed by atoms with Crippen LogP contribution in [-0.2, 0) is 0 Å². The smallest absolute Gasteiger partial charge is 0.168 e. The first-order chi connectivity index (χ1) is 14.3. The highest BCUT2D eigenvalue weighted by Gasteiger charge is 2.27. The van der Waals surface area contributed by atoms with E-state index in [0.717, 1.165) is 37.9 Å². The van der Waals surface area contributed by atoms with Crippen LogP contribution in [0.15, 0.2) is 30.3 Å². The van der Waals surface area contributed by atoms with Gasteiger partial charge in [-0.2, -0.15) is 0 Å². The van der Waals surface area contributed by atoms with Crippen molar-refractivity contribution in [1.29, 1.82) is 5.41 Å². The molecule has 2 aromatic rings. The van der Waals surface area contributed by atoms with Crippen LogP contribution in [0.5, 0.6) is 0 Å². The predicted molar refractivity (Wildman–Crippen MR) is 120 cm³/mol. The monoisotopic (exact) mass is 411 g/mol. The van der Waals surface area contributed by atoms with Gasteiger partial charge < -0.3 is 20.5 Å². The van der Waals surface area contributed by atoms with Crippen molar-refractivity contribution in [2.24, 2.45) is 5.92 Å². The molecule has 1 aromatic carbocycles. The molecule has 0 aliphatic carbocycles. The van der Waals surface area contributed by atoms with Crippen molar-refractivity contribution in [3.8, 4) is 0 Å². The van der Waals surface area contributed by atoms with Crippen LogP contribution in [0, 0.1) is 17.1 Å². The van der Waals surface area contributed by atoms with E-state index in [-0.39, 0.29) is 11.7 Å². The fraction of sp³-hybridized carbons (Fsp3) is 0.435. The molecule has 160 valence electrons. The molecule has 2 N–H and O–H groups in total. The van der Waals surface area contributed by atoms with Crippen molar-refractivity contribution in [1.82, 2.24) is 9.88 Å². The number of halogens is 1. The number of nitrogens with zero attached hydrogens (tertiary/aromatic N) is 3. The lowest BCUT2D eigenvalue weighted by atomic mass is 9.96. The molecule has 1 aliphatic heterocycles. The van der Waals surface area contributed by atoms with Crippen molar-refractivity contribution < 1.29 is 9.18 Å². The number of hydrogen-bond donors (Lipinski definition) is 2. The summed E-state index contributed by atoms with van der Waals surface area (Å²) in [6.45, 7) is 5.64. The topological polar surface area (TPSA) is 72.3 Å². The molecule has 1 aliphatic rings. The van der Waals surface area contributed by atoms with Crippen LogP contribution >= 0.6 is 0 Å². The number of rotatable bonds is 7. The lowest BCUT2D eigenvalue weighted by molar-refractivity contribution is 0.111. The van der Waals surface area contributed by atoms with E-state index in [1.165, 1.54) is 12.1 Å². The third-order valence-electron chi connectivity index (χ3n) is 5.63. The van der Waals surface area contributed by atoms with Gasteiger partial charge in [0.2, 0.25) is 0 Å². The minimum absolute atomic E-state index is 0.0132. The molecule has 6 nitrogen and oxygen atoms in total. The number of aromatic nitrogens is 1. The van der Waals surface area contributed by atoms with Crippen LogP contribution in [0.3, 0.4) is 0 Å². The minimum Gasteiger partial charge on any atom is -0.371 e. The van der Waals surface area contributed by atoms with E-state index < -0.39 is 0 Å². The Bertz CT molecular complexity index is 903. The van der Waals surface area contributed by atoms with Gasteiger partial charge in [-0.25, -0.2) is 9.37 Å². The second-order valence-electron chi connectivity index (χ2n) is 8.29. The van der Waals surface area contributed by atoms with Crippen LogP contribution in [-0.4, -0.2) is 55.1 Å². The summed E-state index contributed by atoms with van der Waals surface area (Å²) in [6, 6.07) is 8.29. The Kier molecular flexibility index (Phi) is 6.82. The highest BCUT2D eigenvalue weighted by Crippen LogP contribution is 2.33. The second-order valence-corrected chi connectivity index (χ2v) is 8.29. The van der Waals surface area contributed by atoms with Crippen molar-refractivity contribution in [3.63, 3.8) is 0 Å². The van der Waals surface area contributed by atoms with Gasteiger partial charge in [-0.15, -0.1) is 0 Å². The highest BCUT2D eigenvalue weighted by molar-refractivity contribution is 6.09. The zero-order chi connectivity index (χ0) is 21.8. The number of hydrogen-bond acceptors (Lipinski definition) is 6. The Hall–Kier alpha value is -2.80. The van der Waals surface area contributed by atoms with Crippen LogP contribution < -0.4 is 10.2 Å². The summed E-state index contributed by atoms with van der Waals surface area (Å²) >= 11 is 0. The molecule has 0 radical (unpaired) electrons. The largest absolute Gasteiger partial charge is 0.371 e. The first-order valence-corrected chi connectivity index (χ1v) is 10.3. The van der Waals surface area contributed by atoms with Gasteiger partial charge in [-0.05, 0) is 63.2 Å². The summed E-state index contributed by atoms with van der Waals surface area (Å²) in [5.41, 5.74) is 2.97. The second kappa shape index (κ2) is 9.34. The molecule has 0 unspecified atom stereocenters. The van der Waals surface area contributed by atoms with Crippen molar-refractivity contribution in [2.45, 2.75) is 32.7 Å². The lowest BCUT2D eigenvalue weighted by Gasteiger charge is -2.38. The van der Waals surface area contributed by atoms with E-state index in [1.54, 1.807) is 18.2 Å². The van der Waals surface area contributed by atoms with E-state index in [4.69, 9.17) is 5.41 Å². The molecule has 0 bridgehead atoms. The van der Waals surface area contributed by atoms with E-state index in [9.17, 15) is 9.18 Å². The quantitative estimate of drug-likeness (QED) is 0.524. The molecule has 0 atom stereocenters. The number of carbonyl (C=O) groups excluding carboxylic acids is 1. The van der Waals surface area contributed by atoms with Gasteiger partial charge in [0.15, 0.2) is 6.29 Å². The molecule has 0 saturated carbocycles. The number of anilines is 3. The zero-order valence-electron chi connectivity index (χ0n) is 18.1. The minimum atomic E-state index is -0.324. The van der Waals surface area contributed by atoms with Crippen molar-refractivity contribution >= 4 is 29.2 Å². The van der Waals surface area contributed by atoms with Crippen LogP contribution in [0.2, 0.25) is 0 Å². The Morgan fingerprint density at radius 2 is 1.90 bits per heavy atom. The Morgan fingerprint density at radius 1 is 1.27 bits per heavy atom. The number of nitrogens with one attached hydrogen (secondary N) is 2. The van der Waals surface area contributed by atoms with Crippen molar-refractivity contribution in [2.75, 3.05) is 37.4 Å². The van der Waals surface area contributed by atoms with E-state index in [2.05, 4.69) is 34.2 Å². The molecule has 7 heteroatoms. The SMILES string of the molecule is CC(C)C(=N)c1c(N2CCC(N(C)C)CC2)cc(C=O)nc1Nc1ccc(F)cc1. The molecule has 0 spiro atoms. The lowest BCUT2D eigenvalue weighted by Crippen LogP contribution is -2.42. The van der Waals surface area contributed by atoms with Gasteiger partial charge in [0, 0.05) is 30.5 Å². The van der Waals surface area contributed by atoms with Gasteiger partial charge in [0.1, 0.15) is 17.3 Å². The predicted octanol–water partition coefficient (Wildman–Crippen LogP) is 4.33. The maximum Gasteiger partial charge on any atom is 0.168 e. The summed E-state index contributed by atoms with van der Waals surface area (Å²) in [6.07, 6.45) is 2.76. The van der Waals surface area contributed by atoms with Gasteiger partial charge in [0.05, 0.1) is 11.3 Å². The number of benzene rings is 1. The normalized spacial score (nSPS) is 15.0. The van der Waals surface area contributed by atoms with Gasteiger partial charge in [-0.1, -0.05) is 13.8 Å². The molecular formula is C23H30FN5O. The maximum absolute atomic E-state index is 13.3. The molecule has 1 saturated heterocycles. The summed E-state index contributed by atoms with van der Waals surface area (Å²) in [4.78, 5) is 20.6. The van der Waals surface area contributed by atoms with Crippen molar-refractivity contribution in [3.05, 3.63) is 47.4 Å². The Labute approximate surface area is 177 Å². The molecule has 2 heterocycles. The standard InChI is InChI=1S/C23H30FN5O/c1-15(2)22(25)21-20(29-11-9-19(10-12-29)28(3)4)13-18(14-30)27-23(21)26-17-7-5-16(24)6-8-17/h5-8,13-15,19,25H,9-12H2,1-4H3,(H,26,27). The Balaban J connectivity index is 2.05. The van der Waals surface area contributed by atoms with Gasteiger partial charge in [0.25, 0.3) is 0 Å². The summed E-state index contributed by atoms with van der Waals surface area (Å²) in [5, 5.41) is 12.0. The number of aldehydes is 1. The summed E-state index contributed by atoms with van der Waals surface area (Å²) in [7, 11) is 4.20.